The van der Waals surface area contributed by atoms with Crippen LogP contribution in [0.25, 0.3) is 22.6 Å². The first-order valence-corrected chi connectivity index (χ1v) is 9.65. The molecule has 0 unspecified atom stereocenters. The van der Waals surface area contributed by atoms with E-state index in [-0.39, 0.29) is 0 Å². The van der Waals surface area contributed by atoms with Crippen molar-refractivity contribution in [2.24, 2.45) is 0 Å². The Labute approximate surface area is 161 Å². The molecule has 0 spiro atoms. The van der Waals surface area contributed by atoms with Crippen molar-refractivity contribution in [3.63, 3.8) is 0 Å². The molecule has 1 atom stereocenters. The number of hydrogen-bond acceptors (Lipinski definition) is 4. The van der Waals surface area contributed by atoms with Crippen LogP contribution in [-0.2, 0) is 6.54 Å². The summed E-state index contributed by atoms with van der Waals surface area (Å²) in [4.78, 5) is 9.68. The number of hydrogen-bond donors (Lipinski definition) is 0. The van der Waals surface area contributed by atoms with E-state index in [4.69, 9.17) is 9.40 Å². The van der Waals surface area contributed by atoms with E-state index in [9.17, 15) is 0 Å². The molecule has 1 aliphatic heterocycles. The van der Waals surface area contributed by atoms with Gasteiger partial charge in [-0.3, -0.25) is 4.90 Å². The molecule has 4 nitrogen and oxygen atoms in total. The highest BCUT2D eigenvalue weighted by Crippen LogP contribution is 2.26. The van der Waals surface area contributed by atoms with Crippen molar-refractivity contribution >= 4 is 0 Å². The van der Waals surface area contributed by atoms with Crippen LogP contribution in [0.3, 0.4) is 0 Å². The predicted molar refractivity (Wildman–Crippen MR) is 109 cm³/mol. The number of benzene rings is 2. The highest BCUT2D eigenvalue weighted by Gasteiger charge is 2.22. The van der Waals surface area contributed by atoms with E-state index in [1.807, 2.05) is 13.0 Å². The maximum atomic E-state index is 5.99. The molecular weight excluding hydrogens is 334 g/mol. The Kier molecular flexibility index (Phi) is 5.10. The van der Waals surface area contributed by atoms with E-state index >= 15 is 0 Å². The summed E-state index contributed by atoms with van der Waals surface area (Å²) in [6.45, 7) is 8.41. The smallest absolute Gasteiger partial charge is 0.226 e. The van der Waals surface area contributed by atoms with E-state index in [0.29, 0.717) is 11.9 Å². The van der Waals surface area contributed by atoms with Gasteiger partial charge in [0.15, 0.2) is 0 Å². The minimum atomic E-state index is 0.580. The molecule has 0 aliphatic carbocycles. The summed E-state index contributed by atoms with van der Waals surface area (Å²) in [6, 6.07) is 19.4. The number of aryl methyl sites for hydroxylation is 1. The Morgan fingerprint density at radius 1 is 0.963 bits per heavy atom. The monoisotopic (exact) mass is 361 g/mol. The third-order valence-electron chi connectivity index (χ3n) is 5.55. The van der Waals surface area contributed by atoms with Crippen LogP contribution in [0.15, 0.2) is 59.0 Å². The van der Waals surface area contributed by atoms with Gasteiger partial charge in [0.2, 0.25) is 5.89 Å². The van der Waals surface area contributed by atoms with Gasteiger partial charge in [-0.15, -0.1) is 0 Å². The van der Waals surface area contributed by atoms with Crippen molar-refractivity contribution in [3.8, 4) is 22.6 Å². The van der Waals surface area contributed by atoms with E-state index < -0.39 is 0 Å². The molecular formula is C23H27N3O. The second kappa shape index (κ2) is 7.67. The SMILES string of the molecule is Cc1oc(-c2ccc(-c3ccccc3)cc2)nc1CN1CCN(C)[C@@H](C)C1. The van der Waals surface area contributed by atoms with Gasteiger partial charge in [-0.05, 0) is 44.2 Å². The molecule has 4 heteroatoms. The third kappa shape index (κ3) is 3.97. The summed E-state index contributed by atoms with van der Waals surface area (Å²) in [6.07, 6.45) is 0. The Balaban J connectivity index is 1.49. The molecule has 1 aromatic heterocycles. The van der Waals surface area contributed by atoms with Crippen molar-refractivity contribution in [3.05, 3.63) is 66.1 Å². The highest BCUT2D eigenvalue weighted by molar-refractivity contribution is 5.67. The topological polar surface area (TPSA) is 32.5 Å². The molecule has 140 valence electrons. The number of rotatable bonds is 4. The van der Waals surface area contributed by atoms with Crippen LogP contribution < -0.4 is 0 Å². The van der Waals surface area contributed by atoms with Gasteiger partial charge in [0, 0.05) is 37.8 Å². The normalized spacial score (nSPS) is 18.7. The molecule has 1 fully saturated rings. The quantitative estimate of drug-likeness (QED) is 0.687. The second-order valence-corrected chi connectivity index (χ2v) is 7.53. The first-order valence-electron chi connectivity index (χ1n) is 9.65. The van der Waals surface area contributed by atoms with Gasteiger partial charge in [-0.2, -0.15) is 0 Å². The largest absolute Gasteiger partial charge is 0.441 e. The zero-order chi connectivity index (χ0) is 18.8. The van der Waals surface area contributed by atoms with Gasteiger partial charge in [0.05, 0.1) is 5.69 Å². The summed E-state index contributed by atoms with van der Waals surface area (Å²) in [5.41, 5.74) is 4.50. The predicted octanol–water partition coefficient (Wildman–Crippen LogP) is 4.45. The van der Waals surface area contributed by atoms with Crippen LogP contribution in [0.1, 0.15) is 18.4 Å². The maximum Gasteiger partial charge on any atom is 0.226 e. The Morgan fingerprint density at radius 2 is 1.63 bits per heavy atom. The molecule has 2 aromatic carbocycles. The molecule has 27 heavy (non-hydrogen) atoms. The molecule has 4 rings (SSSR count). The first-order chi connectivity index (χ1) is 13.1. The zero-order valence-corrected chi connectivity index (χ0v) is 16.4. The summed E-state index contributed by atoms with van der Waals surface area (Å²) in [5, 5.41) is 0. The second-order valence-electron chi connectivity index (χ2n) is 7.53. The Bertz CT molecular complexity index is 886. The Morgan fingerprint density at radius 3 is 2.33 bits per heavy atom. The standard InChI is InChI=1S/C23H27N3O/c1-17-15-26(14-13-25(17)3)16-22-18(2)27-23(24-22)21-11-9-20(10-12-21)19-7-5-4-6-8-19/h4-12,17H,13-16H2,1-3H3/t17-/m0/s1. The summed E-state index contributed by atoms with van der Waals surface area (Å²) < 4.78 is 5.99. The fraction of sp³-hybridized carbons (Fsp3) is 0.348. The molecule has 0 bridgehead atoms. The van der Waals surface area contributed by atoms with Crippen LogP contribution in [0.5, 0.6) is 0 Å². The van der Waals surface area contributed by atoms with E-state index in [1.54, 1.807) is 0 Å². The van der Waals surface area contributed by atoms with Gasteiger partial charge in [-0.25, -0.2) is 4.98 Å². The minimum Gasteiger partial charge on any atom is -0.441 e. The number of oxazole rings is 1. The third-order valence-corrected chi connectivity index (χ3v) is 5.55. The Hall–Kier alpha value is -2.43. The van der Waals surface area contributed by atoms with Gasteiger partial charge < -0.3 is 9.32 Å². The lowest BCUT2D eigenvalue weighted by Crippen LogP contribution is -2.49. The minimum absolute atomic E-state index is 0.580. The first kappa shape index (κ1) is 18.0. The van der Waals surface area contributed by atoms with Crippen molar-refractivity contribution in [1.29, 1.82) is 0 Å². The molecule has 3 aromatic rings. The number of aromatic nitrogens is 1. The fourth-order valence-corrected chi connectivity index (χ4v) is 3.61. The van der Waals surface area contributed by atoms with Gasteiger partial charge >= 0.3 is 0 Å². The molecule has 0 amide bonds. The lowest BCUT2D eigenvalue weighted by molar-refractivity contribution is 0.0988. The van der Waals surface area contributed by atoms with E-state index in [2.05, 4.69) is 72.3 Å². The van der Waals surface area contributed by atoms with Crippen LogP contribution in [0.4, 0.5) is 0 Å². The summed E-state index contributed by atoms with van der Waals surface area (Å²) in [5.74, 6) is 1.63. The number of nitrogens with zero attached hydrogens (tertiary/aromatic N) is 3. The van der Waals surface area contributed by atoms with Crippen LogP contribution in [0, 0.1) is 6.92 Å². The number of likely N-dealkylation sites (N-methyl/N-ethyl adjacent to an activating group) is 1. The van der Waals surface area contributed by atoms with Gasteiger partial charge in [-0.1, -0.05) is 42.5 Å². The average molecular weight is 361 g/mol. The average Bonchev–Trinajstić information content (AvgIpc) is 3.06. The van der Waals surface area contributed by atoms with Gasteiger partial charge in [0.25, 0.3) is 0 Å². The van der Waals surface area contributed by atoms with E-state index in [1.165, 1.54) is 11.1 Å². The summed E-state index contributed by atoms with van der Waals surface area (Å²) in [7, 11) is 2.20. The molecule has 1 aliphatic rings. The highest BCUT2D eigenvalue weighted by atomic mass is 16.4. The zero-order valence-electron chi connectivity index (χ0n) is 16.4. The van der Waals surface area contributed by atoms with Crippen molar-refractivity contribution in [1.82, 2.24) is 14.8 Å². The van der Waals surface area contributed by atoms with E-state index in [0.717, 1.165) is 43.2 Å². The maximum absolute atomic E-state index is 5.99. The lowest BCUT2D eigenvalue weighted by Gasteiger charge is -2.37. The lowest BCUT2D eigenvalue weighted by atomic mass is 10.0. The van der Waals surface area contributed by atoms with Crippen molar-refractivity contribution in [2.45, 2.75) is 26.4 Å². The summed E-state index contributed by atoms with van der Waals surface area (Å²) >= 11 is 0. The molecule has 2 heterocycles. The molecule has 0 N–H and O–H groups in total. The van der Waals surface area contributed by atoms with Crippen LogP contribution in [-0.4, -0.2) is 47.5 Å². The van der Waals surface area contributed by atoms with Gasteiger partial charge in [0.1, 0.15) is 5.76 Å². The van der Waals surface area contributed by atoms with Crippen molar-refractivity contribution in [2.75, 3.05) is 26.7 Å². The van der Waals surface area contributed by atoms with Crippen LogP contribution >= 0.6 is 0 Å². The van der Waals surface area contributed by atoms with Crippen LogP contribution in [0.2, 0.25) is 0 Å². The number of piperazine rings is 1. The molecule has 1 saturated heterocycles. The van der Waals surface area contributed by atoms with Crippen molar-refractivity contribution < 1.29 is 4.42 Å². The molecule has 0 saturated carbocycles. The molecule has 0 radical (unpaired) electrons. The fourth-order valence-electron chi connectivity index (χ4n) is 3.61.